The maximum absolute atomic E-state index is 12.7. The Morgan fingerprint density at radius 3 is 3.09 bits per heavy atom. The first-order chi connectivity index (χ1) is 11.1. The second-order valence-corrected chi connectivity index (χ2v) is 6.40. The van der Waals surface area contributed by atoms with Crippen molar-refractivity contribution in [3.8, 4) is 0 Å². The molecule has 2 aliphatic heterocycles. The van der Waals surface area contributed by atoms with Crippen LogP contribution < -0.4 is 0 Å². The molecule has 0 unspecified atom stereocenters. The summed E-state index contributed by atoms with van der Waals surface area (Å²) in [4.78, 5) is 14.6. The number of likely N-dealkylation sites (tertiary alicyclic amines) is 1. The topological polar surface area (TPSA) is 78.1 Å². The van der Waals surface area contributed by atoms with Crippen molar-refractivity contribution in [1.82, 2.24) is 29.7 Å². The Morgan fingerprint density at radius 2 is 2.30 bits per heavy atom. The number of nitrogens with zero attached hydrogens (tertiary/aromatic N) is 6. The Bertz CT molecular complexity index is 721. The Kier molecular flexibility index (Phi) is 3.41. The van der Waals surface area contributed by atoms with E-state index in [0.717, 1.165) is 12.1 Å². The lowest BCUT2D eigenvalue weighted by atomic mass is 10.00. The molecule has 8 heteroatoms. The van der Waals surface area contributed by atoms with E-state index in [1.807, 2.05) is 29.6 Å². The SMILES string of the molecule is CC(C)n1ccc(C(=O)N2CC[C@H]3OCc4cnnn4[C@H]3C2)n1. The predicted molar refractivity (Wildman–Crippen MR) is 80.8 cm³/mol. The van der Waals surface area contributed by atoms with E-state index in [4.69, 9.17) is 4.74 Å². The maximum atomic E-state index is 12.7. The highest BCUT2D eigenvalue weighted by molar-refractivity contribution is 5.92. The van der Waals surface area contributed by atoms with Crippen molar-refractivity contribution in [2.75, 3.05) is 13.1 Å². The molecule has 2 atom stereocenters. The van der Waals surface area contributed by atoms with Crippen molar-refractivity contribution in [1.29, 1.82) is 0 Å². The van der Waals surface area contributed by atoms with Crippen molar-refractivity contribution in [2.24, 2.45) is 0 Å². The standard InChI is InChI=1S/C15H20N6O2/c1-10(2)20-6-3-12(17-20)15(22)19-5-4-14-13(8-19)21-11(9-23-14)7-16-18-21/h3,6-7,10,13-14H,4-5,8-9H2,1-2H3/t13-,14+/m0/s1. The third-order valence-electron chi connectivity index (χ3n) is 4.57. The van der Waals surface area contributed by atoms with Gasteiger partial charge >= 0.3 is 0 Å². The predicted octanol–water partition coefficient (Wildman–Crippen LogP) is 1.04. The van der Waals surface area contributed by atoms with Crippen LogP contribution in [0.15, 0.2) is 18.5 Å². The molecule has 23 heavy (non-hydrogen) atoms. The lowest BCUT2D eigenvalue weighted by Crippen LogP contribution is -2.50. The van der Waals surface area contributed by atoms with E-state index in [1.54, 1.807) is 16.9 Å². The van der Waals surface area contributed by atoms with Crippen molar-refractivity contribution >= 4 is 5.91 Å². The van der Waals surface area contributed by atoms with Crippen molar-refractivity contribution in [2.45, 2.75) is 45.1 Å². The Morgan fingerprint density at radius 1 is 1.43 bits per heavy atom. The van der Waals surface area contributed by atoms with Gasteiger partial charge in [0.1, 0.15) is 5.69 Å². The van der Waals surface area contributed by atoms with Crippen LogP contribution in [0, 0.1) is 0 Å². The first-order valence-corrected chi connectivity index (χ1v) is 7.98. The van der Waals surface area contributed by atoms with Gasteiger partial charge in [-0.05, 0) is 26.3 Å². The van der Waals surface area contributed by atoms with E-state index in [1.165, 1.54) is 0 Å². The molecule has 0 aliphatic carbocycles. The molecule has 1 saturated heterocycles. The van der Waals surface area contributed by atoms with Crippen molar-refractivity contribution in [3.63, 3.8) is 0 Å². The summed E-state index contributed by atoms with van der Waals surface area (Å²) in [5, 5.41) is 12.5. The summed E-state index contributed by atoms with van der Waals surface area (Å²) in [7, 11) is 0. The van der Waals surface area contributed by atoms with Crippen LogP contribution in [0.2, 0.25) is 0 Å². The third kappa shape index (κ3) is 2.42. The number of hydrogen-bond acceptors (Lipinski definition) is 5. The maximum Gasteiger partial charge on any atom is 0.274 e. The zero-order valence-corrected chi connectivity index (χ0v) is 13.3. The number of piperidine rings is 1. The fourth-order valence-electron chi connectivity index (χ4n) is 3.27. The molecule has 2 aliphatic rings. The number of carbonyl (C=O) groups excluding carboxylic acids is 1. The lowest BCUT2D eigenvalue weighted by molar-refractivity contribution is -0.0605. The molecule has 0 bridgehead atoms. The zero-order valence-electron chi connectivity index (χ0n) is 13.3. The van der Waals surface area contributed by atoms with E-state index < -0.39 is 0 Å². The quantitative estimate of drug-likeness (QED) is 0.827. The first-order valence-electron chi connectivity index (χ1n) is 7.98. The number of hydrogen-bond donors (Lipinski definition) is 0. The van der Waals surface area contributed by atoms with Gasteiger partial charge < -0.3 is 9.64 Å². The van der Waals surface area contributed by atoms with Gasteiger partial charge in [-0.25, -0.2) is 4.68 Å². The van der Waals surface area contributed by atoms with Gasteiger partial charge in [0, 0.05) is 25.3 Å². The minimum Gasteiger partial charge on any atom is -0.370 e. The molecule has 2 aromatic rings. The zero-order chi connectivity index (χ0) is 16.0. The van der Waals surface area contributed by atoms with E-state index in [0.29, 0.717) is 25.4 Å². The molecule has 4 heterocycles. The van der Waals surface area contributed by atoms with Crippen molar-refractivity contribution < 1.29 is 9.53 Å². The number of fused-ring (bicyclic) bond motifs is 3. The highest BCUT2D eigenvalue weighted by atomic mass is 16.5. The Hall–Kier alpha value is -2.22. The summed E-state index contributed by atoms with van der Waals surface area (Å²) in [6.07, 6.45) is 4.48. The second-order valence-electron chi connectivity index (χ2n) is 6.40. The summed E-state index contributed by atoms with van der Waals surface area (Å²) in [6.45, 7) is 5.88. The van der Waals surface area contributed by atoms with Crippen LogP contribution in [-0.2, 0) is 11.3 Å². The van der Waals surface area contributed by atoms with Gasteiger partial charge in [-0.15, -0.1) is 5.10 Å². The molecular weight excluding hydrogens is 296 g/mol. The largest absolute Gasteiger partial charge is 0.370 e. The van der Waals surface area contributed by atoms with E-state index >= 15 is 0 Å². The summed E-state index contributed by atoms with van der Waals surface area (Å²) < 4.78 is 9.59. The highest BCUT2D eigenvalue weighted by Crippen LogP contribution is 2.30. The molecule has 0 spiro atoms. The van der Waals surface area contributed by atoms with Gasteiger partial charge in [0.25, 0.3) is 5.91 Å². The summed E-state index contributed by atoms with van der Waals surface area (Å²) in [6, 6.07) is 2.06. The van der Waals surface area contributed by atoms with Crippen LogP contribution in [0.3, 0.4) is 0 Å². The van der Waals surface area contributed by atoms with Gasteiger partial charge in [0.05, 0.1) is 30.6 Å². The molecule has 122 valence electrons. The molecule has 0 aromatic carbocycles. The summed E-state index contributed by atoms with van der Waals surface area (Å²) >= 11 is 0. The Labute approximate surface area is 134 Å². The molecule has 0 saturated carbocycles. The summed E-state index contributed by atoms with van der Waals surface area (Å²) in [5.41, 5.74) is 1.46. The Balaban J connectivity index is 1.54. The van der Waals surface area contributed by atoms with Gasteiger partial charge in [0.15, 0.2) is 0 Å². The molecule has 8 nitrogen and oxygen atoms in total. The van der Waals surface area contributed by atoms with Crippen molar-refractivity contribution in [3.05, 3.63) is 29.8 Å². The molecule has 0 radical (unpaired) electrons. The summed E-state index contributed by atoms with van der Waals surface area (Å²) in [5.74, 6) is -0.0323. The minimum absolute atomic E-state index is 0.0323. The van der Waals surface area contributed by atoms with Crippen LogP contribution in [-0.4, -0.2) is 54.8 Å². The molecule has 4 rings (SSSR count). The van der Waals surface area contributed by atoms with Crippen LogP contribution in [0.4, 0.5) is 0 Å². The number of rotatable bonds is 2. The van der Waals surface area contributed by atoms with Crippen LogP contribution in [0.1, 0.15) is 48.5 Å². The number of carbonyl (C=O) groups is 1. The third-order valence-corrected chi connectivity index (χ3v) is 4.57. The van der Waals surface area contributed by atoms with E-state index in [-0.39, 0.29) is 24.1 Å². The first kappa shape index (κ1) is 14.4. The molecule has 1 fully saturated rings. The monoisotopic (exact) mass is 316 g/mol. The minimum atomic E-state index is -0.0323. The van der Waals surface area contributed by atoms with E-state index in [2.05, 4.69) is 15.4 Å². The average Bonchev–Trinajstić information content (AvgIpc) is 3.22. The van der Waals surface area contributed by atoms with Crippen LogP contribution in [0.25, 0.3) is 0 Å². The average molecular weight is 316 g/mol. The fraction of sp³-hybridized carbons (Fsp3) is 0.600. The molecular formula is C15H20N6O2. The normalized spacial score (nSPS) is 23.7. The van der Waals surface area contributed by atoms with Gasteiger partial charge in [0.2, 0.25) is 0 Å². The molecule has 1 amide bonds. The van der Waals surface area contributed by atoms with Gasteiger partial charge in [-0.1, -0.05) is 5.21 Å². The van der Waals surface area contributed by atoms with Crippen LogP contribution >= 0.6 is 0 Å². The van der Waals surface area contributed by atoms with Gasteiger partial charge in [-0.3, -0.25) is 9.48 Å². The smallest absolute Gasteiger partial charge is 0.274 e. The van der Waals surface area contributed by atoms with Gasteiger partial charge in [-0.2, -0.15) is 5.10 Å². The molecule has 0 N–H and O–H groups in total. The van der Waals surface area contributed by atoms with Crippen LogP contribution in [0.5, 0.6) is 0 Å². The second kappa shape index (κ2) is 5.45. The molecule has 2 aromatic heterocycles. The number of aromatic nitrogens is 5. The highest BCUT2D eigenvalue weighted by Gasteiger charge is 2.38. The number of amides is 1. The van der Waals surface area contributed by atoms with E-state index in [9.17, 15) is 4.79 Å². The fourth-order valence-corrected chi connectivity index (χ4v) is 3.27. The number of ether oxygens (including phenoxy) is 1. The lowest BCUT2D eigenvalue weighted by Gasteiger charge is -2.40.